The van der Waals surface area contributed by atoms with Crippen LogP contribution >= 0.6 is 22.7 Å². The summed E-state index contributed by atoms with van der Waals surface area (Å²) in [5, 5.41) is 20.0. The normalized spacial score (nSPS) is 19.4. The minimum absolute atomic E-state index is 0.120. The van der Waals surface area contributed by atoms with E-state index in [-0.39, 0.29) is 5.78 Å². The lowest BCUT2D eigenvalue weighted by atomic mass is 10.0. The van der Waals surface area contributed by atoms with Gasteiger partial charge in [0, 0.05) is 30.7 Å². The summed E-state index contributed by atoms with van der Waals surface area (Å²) in [7, 11) is 0. The number of rotatable bonds is 7. The molecule has 0 amide bonds. The van der Waals surface area contributed by atoms with Gasteiger partial charge in [-0.1, -0.05) is 17.4 Å². The molecule has 2 unspecified atom stereocenters. The standard InChI is InChI=1S/C18H20N6OS2/c19-18-24-22-15(27-18)8-11-4-5-12(7-11)17-23-21-16(26-17)10-14(25)9-13-3-1-2-6-20-13/h1-3,6,11-12H,4-5,7-10H2,(H2,19,24). The molecular formula is C18H20N6OS2. The van der Waals surface area contributed by atoms with E-state index < -0.39 is 0 Å². The number of carbonyl (C=O) groups excluding carboxylic acids is 1. The Labute approximate surface area is 165 Å². The van der Waals surface area contributed by atoms with Crippen molar-refractivity contribution in [1.29, 1.82) is 0 Å². The highest BCUT2D eigenvalue weighted by Crippen LogP contribution is 2.41. The number of ketones is 1. The van der Waals surface area contributed by atoms with Crippen molar-refractivity contribution in [3.05, 3.63) is 45.1 Å². The SMILES string of the molecule is Nc1nnc(CC2CCC(c3nnc(CC(=O)Cc4ccccn4)s3)C2)s1. The van der Waals surface area contributed by atoms with Crippen molar-refractivity contribution < 1.29 is 4.79 Å². The van der Waals surface area contributed by atoms with Gasteiger partial charge in [-0.15, -0.1) is 31.7 Å². The minimum atomic E-state index is 0.120. The summed E-state index contributed by atoms with van der Waals surface area (Å²) in [5.41, 5.74) is 6.45. The van der Waals surface area contributed by atoms with Gasteiger partial charge in [-0.2, -0.15) is 0 Å². The van der Waals surface area contributed by atoms with Gasteiger partial charge in [0.15, 0.2) is 0 Å². The molecule has 7 nitrogen and oxygen atoms in total. The summed E-state index contributed by atoms with van der Waals surface area (Å²) in [6, 6.07) is 5.61. The van der Waals surface area contributed by atoms with E-state index in [1.165, 1.54) is 11.3 Å². The van der Waals surface area contributed by atoms with Gasteiger partial charge in [0.25, 0.3) is 0 Å². The molecule has 3 heterocycles. The average molecular weight is 401 g/mol. The molecule has 3 aromatic heterocycles. The van der Waals surface area contributed by atoms with Gasteiger partial charge in [0.1, 0.15) is 20.8 Å². The van der Waals surface area contributed by atoms with Crippen LogP contribution in [0.25, 0.3) is 0 Å². The Balaban J connectivity index is 1.31. The van der Waals surface area contributed by atoms with Crippen LogP contribution < -0.4 is 5.73 Å². The van der Waals surface area contributed by atoms with Crippen LogP contribution in [0, 0.1) is 5.92 Å². The number of anilines is 1. The smallest absolute Gasteiger partial charge is 0.203 e. The molecule has 9 heteroatoms. The van der Waals surface area contributed by atoms with E-state index in [1.807, 2.05) is 18.2 Å². The molecule has 0 aromatic carbocycles. The van der Waals surface area contributed by atoms with Gasteiger partial charge >= 0.3 is 0 Å². The van der Waals surface area contributed by atoms with Crippen LogP contribution in [0.4, 0.5) is 5.13 Å². The van der Waals surface area contributed by atoms with E-state index in [0.717, 1.165) is 46.4 Å². The van der Waals surface area contributed by atoms with Crippen molar-refractivity contribution in [1.82, 2.24) is 25.4 Å². The van der Waals surface area contributed by atoms with Gasteiger partial charge in [-0.25, -0.2) is 0 Å². The zero-order valence-corrected chi connectivity index (χ0v) is 16.4. The monoisotopic (exact) mass is 400 g/mol. The Morgan fingerprint density at radius 1 is 1.07 bits per heavy atom. The number of hydrogen-bond donors (Lipinski definition) is 1. The number of nitrogen functional groups attached to an aromatic ring is 1. The van der Waals surface area contributed by atoms with E-state index in [0.29, 0.717) is 29.8 Å². The van der Waals surface area contributed by atoms with Crippen molar-refractivity contribution in [3.63, 3.8) is 0 Å². The molecule has 0 bridgehead atoms. The fourth-order valence-corrected chi connectivity index (χ4v) is 5.26. The van der Waals surface area contributed by atoms with Crippen molar-refractivity contribution in [2.24, 2.45) is 5.92 Å². The second-order valence-corrected chi connectivity index (χ2v) is 9.05. The largest absolute Gasteiger partial charge is 0.374 e. The molecule has 0 aliphatic heterocycles. The first-order chi connectivity index (χ1) is 13.2. The van der Waals surface area contributed by atoms with E-state index in [9.17, 15) is 4.79 Å². The minimum Gasteiger partial charge on any atom is -0.374 e. The Morgan fingerprint density at radius 2 is 1.96 bits per heavy atom. The number of Topliss-reactive ketones (excluding diaryl/α,β-unsaturated/α-hetero) is 1. The number of hydrogen-bond acceptors (Lipinski definition) is 9. The molecule has 2 N–H and O–H groups in total. The second kappa shape index (κ2) is 8.18. The second-order valence-electron chi connectivity index (χ2n) is 6.86. The molecule has 0 saturated heterocycles. The van der Waals surface area contributed by atoms with Crippen molar-refractivity contribution in [2.45, 2.75) is 44.4 Å². The van der Waals surface area contributed by atoms with E-state index in [4.69, 9.17) is 5.73 Å². The zero-order chi connectivity index (χ0) is 18.6. The maximum Gasteiger partial charge on any atom is 0.203 e. The lowest BCUT2D eigenvalue weighted by molar-refractivity contribution is -0.117. The summed E-state index contributed by atoms with van der Waals surface area (Å²) in [5.74, 6) is 1.13. The highest BCUT2D eigenvalue weighted by molar-refractivity contribution is 7.15. The third kappa shape index (κ3) is 4.72. The number of pyridine rings is 1. The Bertz CT molecular complexity index is 909. The lowest BCUT2D eigenvalue weighted by Crippen LogP contribution is -2.07. The number of carbonyl (C=O) groups is 1. The van der Waals surface area contributed by atoms with Crippen LogP contribution in [0.1, 0.15) is 45.9 Å². The van der Waals surface area contributed by atoms with Crippen LogP contribution in [-0.4, -0.2) is 31.2 Å². The summed E-state index contributed by atoms with van der Waals surface area (Å²) in [4.78, 5) is 16.4. The topological polar surface area (TPSA) is 108 Å². The van der Waals surface area contributed by atoms with Gasteiger partial charge in [0.2, 0.25) is 5.13 Å². The van der Waals surface area contributed by atoms with Gasteiger partial charge in [-0.3, -0.25) is 9.78 Å². The molecular weight excluding hydrogens is 380 g/mol. The summed E-state index contributed by atoms with van der Waals surface area (Å²) < 4.78 is 0. The van der Waals surface area contributed by atoms with Crippen molar-refractivity contribution in [2.75, 3.05) is 5.73 Å². The molecule has 4 rings (SSSR count). The molecule has 1 fully saturated rings. The van der Waals surface area contributed by atoms with E-state index in [2.05, 4.69) is 25.4 Å². The summed E-state index contributed by atoms with van der Waals surface area (Å²) in [6.45, 7) is 0. The third-order valence-electron chi connectivity index (χ3n) is 4.77. The van der Waals surface area contributed by atoms with Crippen LogP contribution in [0.3, 0.4) is 0 Å². The predicted molar refractivity (Wildman–Crippen MR) is 105 cm³/mol. The lowest BCUT2D eigenvalue weighted by Gasteiger charge is -2.06. The first-order valence-corrected chi connectivity index (χ1v) is 10.6. The predicted octanol–water partition coefficient (Wildman–Crippen LogP) is 2.85. The van der Waals surface area contributed by atoms with Gasteiger partial charge in [-0.05, 0) is 37.3 Å². The molecule has 3 aromatic rings. The molecule has 0 spiro atoms. The highest BCUT2D eigenvalue weighted by Gasteiger charge is 2.29. The van der Waals surface area contributed by atoms with E-state index >= 15 is 0 Å². The van der Waals surface area contributed by atoms with Gasteiger partial charge in [0.05, 0.1) is 6.42 Å². The quantitative estimate of drug-likeness (QED) is 0.649. The average Bonchev–Trinajstić information content (AvgIpc) is 3.38. The number of nitrogens with zero attached hydrogens (tertiary/aromatic N) is 5. The molecule has 0 radical (unpaired) electrons. The van der Waals surface area contributed by atoms with Crippen molar-refractivity contribution in [3.8, 4) is 0 Å². The highest BCUT2D eigenvalue weighted by atomic mass is 32.1. The molecule has 140 valence electrons. The van der Waals surface area contributed by atoms with Crippen LogP contribution in [0.15, 0.2) is 24.4 Å². The van der Waals surface area contributed by atoms with Gasteiger partial charge < -0.3 is 5.73 Å². The Kier molecular flexibility index (Phi) is 5.49. The van der Waals surface area contributed by atoms with E-state index in [1.54, 1.807) is 17.5 Å². The molecule has 1 aliphatic rings. The number of aromatic nitrogens is 5. The summed E-state index contributed by atoms with van der Waals surface area (Å²) >= 11 is 3.04. The van der Waals surface area contributed by atoms with Crippen molar-refractivity contribution >= 4 is 33.6 Å². The zero-order valence-electron chi connectivity index (χ0n) is 14.7. The van der Waals surface area contributed by atoms with Crippen LogP contribution in [0.2, 0.25) is 0 Å². The first-order valence-electron chi connectivity index (χ1n) is 8.97. The maximum atomic E-state index is 12.2. The first kappa shape index (κ1) is 18.1. The molecule has 1 aliphatic carbocycles. The fraction of sp³-hybridized carbons (Fsp3) is 0.444. The third-order valence-corrected chi connectivity index (χ3v) is 6.63. The number of nitrogens with two attached hydrogens (primary N) is 1. The van der Waals surface area contributed by atoms with Crippen LogP contribution in [-0.2, 0) is 24.1 Å². The molecule has 27 heavy (non-hydrogen) atoms. The fourth-order valence-electron chi connectivity index (χ4n) is 3.52. The Morgan fingerprint density at radius 3 is 2.74 bits per heavy atom. The molecule has 1 saturated carbocycles. The summed E-state index contributed by atoms with van der Waals surface area (Å²) in [6.07, 6.45) is 6.64. The maximum absolute atomic E-state index is 12.2. The van der Waals surface area contributed by atoms with Crippen LogP contribution in [0.5, 0.6) is 0 Å². The Hall–Kier alpha value is -2.26. The molecule has 2 atom stereocenters.